The zero-order chi connectivity index (χ0) is 10.6. The van der Waals surface area contributed by atoms with Crippen molar-refractivity contribution in [3.8, 4) is 0 Å². The Morgan fingerprint density at radius 3 is 2.79 bits per heavy atom. The Hall–Kier alpha value is -1.63. The first-order chi connectivity index (χ1) is 6.67. The Morgan fingerprint density at radius 1 is 1.57 bits per heavy atom. The minimum Gasteiger partial charge on any atom is -0.360 e. The van der Waals surface area contributed by atoms with Crippen LogP contribution in [0, 0.1) is 0 Å². The molecule has 1 unspecified atom stereocenters. The van der Waals surface area contributed by atoms with Crippen LogP contribution in [-0.4, -0.2) is 27.8 Å². The van der Waals surface area contributed by atoms with E-state index in [1.807, 2.05) is 6.92 Å². The van der Waals surface area contributed by atoms with E-state index in [0.717, 1.165) is 6.42 Å². The molecule has 0 aliphatic heterocycles. The SMILES string of the molecule is CCC(CN)Nc1n[nH]c(=O)[nH]c1=O. The molecule has 7 nitrogen and oxygen atoms in total. The monoisotopic (exact) mass is 199 g/mol. The second-order valence-corrected chi connectivity index (χ2v) is 2.84. The largest absolute Gasteiger partial charge is 0.360 e. The summed E-state index contributed by atoms with van der Waals surface area (Å²) >= 11 is 0. The maximum atomic E-state index is 11.2. The topological polar surface area (TPSA) is 117 Å². The van der Waals surface area contributed by atoms with Gasteiger partial charge in [-0.25, -0.2) is 9.89 Å². The Kier molecular flexibility index (Phi) is 3.41. The smallest absolute Gasteiger partial charge is 0.342 e. The first kappa shape index (κ1) is 10.5. The molecule has 0 saturated carbocycles. The summed E-state index contributed by atoms with van der Waals surface area (Å²) in [5.41, 5.74) is 4.27. The lowest BCUT2D eigenvalue weighted by molar-refractivity contribution is 0.692. The molecule has 5 N–H and O–H groups in total. The molecule has 1 atom stereocenters. The zero-order valence-electron chi connectivity index (χ0n) is 7.83. The van der Waals surface area contributed by atoms with Crippen LogP contribution in [0.1, 0.15) is 13.3 Å². The summed E-state index contributed by atoms with van der Waals surface area (Å²) in [6, 6.07) is -0.0190. The first-order valence-corrected chi connectivity index (χ1v) is 4.33. The number of rotatable bonds is 4. The Morgan fingerprint density at radius 2 is 2.29 bits per heavy atom. The van der Waals surface area contributed by atoms with Crippen molar-refractivity contribution in [3.05, 3.63) is 20.8 Å². The highest BCUT2D eigenvalue weighted by Gasteiger charge is 2.07. The summed E-state index contributed by atoms with van der Waals surface area (Å²) in [4.78, 5) is 23.9. The van der Waals surface area contributed by atoms with Crippen LogP contribution in [0.2, 0.25) is 0 Å². The van der Waals surface area contributed by atoms with Gasteiger partial charge in [-0.3, -0.25) is 9.78 Å². The molecule has 1 aromatic heterocycles. The van der Waals surface area contributed by atoms with Gasteiger partial charge < -0.3 is 11.1 Å². The van der Waals surface area contributed by atoms with Gasteiger partial charge in [-0.2, -0.15) is 0 Å². The normalized spacial score (nSPS) is 12.4. The lowest BCUT2D eigenvalue weighted by Gasteiger charge is -2.13. The standard InChI is InChI=1S/C7H13N5O2/c1-2-4(3-8)9-5-6(13)10-7(14)12-11-5/h4H,2-3,8H2,1H3,(H,9,11)(H2,10,12,13,14). The molecule has 0 bridgehead atoms. The average molecular weight is 199 g/mol. The fourth-order valence-electron chi connectivity index (χ4n) is 0.967. The molecule has 0 aromatic carbocycles. The number of hydrogen-bond acceptors (Lipinski definition) is 5. The first-order valence-electron chi connectivity index (χ1n) is 4.33. The van der Waals surface area contributed by atoms with Crippen LogP contribution in [0.3, 0.4) is 0 Å². The van der Waals surface area contributed by atoms with Gasteiger partial charge in [0.05, 0.1) is 0 Å². The van der Waals surface area contributed by atoms with E-state index in [9.17, 15) is 9.59 Å². The highest BCUT2D eigenvalue weighted by atomic mass is 16.2. The molecule has 0 amide bonds. The van der Waals surface area contributed by atoms with Crippen LogP contribution in [-0.2, 0) is 0 Å². The average Bonchev–Trinajstić information content (AvgIpc) is 2.17. The highest BCUT2D eigenvalue weighted by Crippen LogP contribution is 1.96. The predicted octanol–water partition coefficient (Wildman–Crippen LogP) is -1.39. The predicted molar refractivity (Wildman–Crippen MR) is 52.2 cm³/mol. The molecule has 0 aliphatic carbocycles. The molecule has 1 aromatic rings. The minimum atomic E-state index is -0.624. The Bertz CT molecular complexity index is 392. The Labute approximate surface area is 79.7 Å². The van der Waals surface area contributed by atoms with E-state index in [2.05, 4.69) is 20.5 Å². The molecule has 78 valence electrons. The van der Waals surface area contributed by atoms with E-state index in [4.69, 9.17) is 5.73 Å². The van der Waals surface area contributed by atoms with Crippen molar-refractivity contribution in [1.29, 1.82) is 0 Å². The lowest BCUT2D eigenvalue weighted by atomic mass is 10.2. The van der Waals surface area contributed by atoms with Crippen LogP contribution >= 0.6 is 0 Å². The quantitative estimate of drug-likeness (QED) is 0.476. The molecule has 1 heterocycles. The number of nitrogens with zero attached hydrogens (tertiary/aromatic N) is 1. The van der Waals surface area contributed by atoms with Crippen molar-refractivity contribution in [1.82, 2.24) is 15.2 Å². The van der Waals surface area contributed by atoms with E-state index >= 15 is 0 Å². The molecule has 14 heavy (non-hydrogen) atoms. The maximum Gasteiger partial charge on any atom is 0.342 e. The zero-order valence-corrected chi connectivity index (χ0v) is 7.83. The Balaban J connectivity index is 2.86. The van der Waals surface area contributed by atoms with Gasteiger partial charge in [0.15, 0.2) is 0 Å². The van der Waals surface area contributed by atoms with Gasteiger partial charge >= 0.3 is 5.69 Å². The van der Waals surface area contributed by atoms with Crippen molar-refractivity contribution < 1.29 is 0 Å². The number of aromatic nitrogens is 3. The van der Waals surface area contributed by atoms with Gasteiger partial charge in [0.25, 0.3) is 5.56 Å². The highest BCUT2D eigenvalue weighted by molar-refractivity contribution is 5.30. The van der Waals surface area contributed by atoms with Crippen LogP contribution in [0.15, 0.2) is 9.59 Å². The van der Waals surface area contributed by atoms with Crippen LogP contribution in [0.25, 0.3) is 0 Å². The van der Waals surface area contributed by atoms with Gasteiger partial charge in [-0.15, -0.1) is 5.10 Å². The third-order valence-electron chi connectivity index (χ3n) is 1.83. The molecule has 0 saturated heterocycles. The van der Waals surface area contributed by atoms with E-state index in [1.54, 1.807) is 0 Å². The van der Waals surface area contributed by atoms with E-state index < -0.39 is 11.2 Å². The van der Waals surface area contributed by atoms with Gasteiger partial charge in [0.1, 0.15) is 0 Å². The van der Waals surface area contributed by atoms with E-state index in [-0.39, 0.29) is 11.9 Å². The second kappa shape index (κ2) is 4.56. The molecular formula is C7H13N5O2. The molecule has 7 heteroatoms. The lowest BCUT2D eigenvalue weighted by Crippen LogP contribution is -2.34. The number of nitrogens with one attached hydrogen (secondary N) is 3. The number of nitrogens with two attached hydrogens (primary N) is 1. The fourth-order valence-corrected chi connectivity index (χ4v) is 0.967. The van der Waals surface area contributed by atoms with Crippen molar-refractivity contribution in [2.75, 3.05) is 11.9 Å². The van der Waals surface area contributed by atoms with Crippen molar-refractivity contribution in [2.24, 2.45) is 5.73 Å². The summed E-state index contributed by atoms with van der Waals surface area (Å²) in [5, 5.41) is 8.52. The third kappa shape index (κ3) is 2.43. The second-order valence-electron chi connectivity index (χ2n) is 2.84. The summed E-state index contributed by atoms with van der Waals surface area (Å²) < 4.78 is 0. The van der Waals surface area contributed by atoms with Crippen molar-refractivity contribution in [3.63, 3.8) is 0 Å². The summed E-state index contributed by atoms with van der Waals surface area (Å²) in [5.74, 6) is 0.0851. The minimum absolute atomic E-state index is 0.0190. The molecular weight excluding hydrogens is 186 g/mol. The fraction of sp³-hybridized carbons (Fsp3) is 0.571. The number of hydrogen-bond donors (Lipinski definition) is 4. The van der Waals surface area contributed by atoms with Gasteiger partial charge in [0.2, 0.25) is 5.82 Å². The summed E-state index contributed by atoms with van der Waals surface area (Å²) in [7, 11) is 0. The summed E-state index contributed by atoms with van der Waals surface area (Å²) in [6.45, 7) is 2.33. The number of aromatic amines is 2. The van der Waals surface area contributed by atoms with E-state index in [0.29, 0.717) is 6.54 Å². The molecule has 0 radical (unpaired) electrons. The molecule has 0 fully saturated rings. The van der Waals surface area contributed by atoms with Crippen molar-refractivity contribution >= 4 is 5.82 Å². The van der Waals surface area contributed by atoms with Gasteiger partial charge in [0, 0.05) is 12.6 Å². The number of anilines is 1. The number of H-pyrrole nitrogens is 2. The van der Waals surface area contributed by atoms with Crippen LogP contribution in [0.4, 0.5) is 5.82 Å². The third-order valence-corrected chi connectivity index (χ3v) is 1.83. The van der Waals surface area contributed by atoms with E-state index in [1.165, 1.54) is 0 Å². The summed E-state index contributed by atoms with van der Waals surface area (Å²) in [6.07, 6.45) is 0.775. The maximum absolute atomic E-state index is 11.2. The van der Waals surface area contributed by atoms with Crippen LogP contribution < -0.4 is 22.3 Å². The van der Waals surface area contributed by atoms with Gasteiger partial charge in [-0.1, -0.05) is 6.92 Å². The molecule has 0 spiro atoms. The molecule has 0 aliphatic rings. The van der Waals surface area contributed by atoms with Gasteiger partial charge in [-0.05, 0) is 6.42 Å². The van der Waals surface area contributed by atoms with Crippen LogP contribution in [0.5, 0.6) is 0 Å². The molecule has 1 rings (SSSR count). The van der Waals surface area contributed by atoms with Crippen molar-refractivity contribution in [2.45, 2.75) is 19.4 Å².